The minimum absolute atomic E-state index is 0.353. The third kappa shape index (κ3) is 1.69. The second-order valence-electron chi connectivity index (χ2n) is 4.10. The Kier molecular flexibility index (Phi) is 2.77. The van der Waals surface area contributed by atoms with E-state index in [2.05, 4.69) is 4.90 Å². The van der Waals surface area contributed by atoms with E-state index in [0.29, 0.717) is 30.2 Å². The van der Waals surface area contributed by atoms with E-state index >= 15 is 0 Å². The van der Waals surface area contributed by atoms with Crippen LogP contribution in [0.3, 0.4) is 0 Å². The molecule has 0 aromatic carbocycles. The van der Waals surface area contributed by atoms with Gasteiger partial charge in [-0.1, -0.05) is 0 Å². The van der Waals surface area contributed by atoms with Crippen LogP contribution in [0.2, 0.25) is 0 Å². The van der Waals surface area contributed by atoms with E-state index in [1.165, 1.54) is 19.3 Å². The van der Waals surface area contributed by atoms with Crippen LogP contribution < -0.4 is 0 Å². The highest BCUT2D eigenvalue weighted by Gasteiger charge is 2.36. The normalized spacial score (nSPS) is 34.5. The summed E-state index contributed by atoms with van der Waals surface area (Å²) < 4.78 is 0. The summed E-state index contributed by atoms with van der Waals surface area (Å²) in [6.45, 7) is 0.969. The average molecular weight is 202 g/mol. The molecule has 0 saturated carbocycles. The van der Waals surface area contributed by atoms with Crippen molar-refractivity contribution in [3.8, 4) is 0 Å². The predicted octanol–water partition coefficient (Wildman–Crippen LogP) is 2.02. The Hall–Kier alpha value is -0.240. The van der Waals surface area contributed by atoms with Crippen LogP contribution in [0.5, 0.6) is 0 Å². The molecular formula is C10H16ClNO. The number of piperidine rings is 2. The summed E-state index contributed by atoms with van der Waals surface area (Å²) in [5.74, 6) is 1.62. The average Bonchev–Trinajstić information content (AvgIpc) is 2.19. The van der Waals surface area contributed by atoms with Crippen molar-refractivity contribution in [3.63, 3.8) is 0 Å². The first kappa shape index (κ1) is 9.32. The van der Waals surface area contributed by atoms with E-state index in [0.717, 1.165) is 13.0 Å². The second kappa shape index (κ2) is 3.87. The van der Waals surface area contributed by atoms with E-state index in [1.807, 2.05) is 0 Å². The highest BCUT2D eigenvalue weighted by molar-refractivity contribution is 6.18. The number of carbonyl (C=O) groups excluding carboxylic acids is 1. The Morgan fingerprint density at radius 3 is 3.00 bits per heavy atom. The van der Waals surface area contributed by atoms with Gasteiger partial charge in [-0.25, -0.2) is 0 Å². The van der Waals surface area contributed by atoms with Crippen LogP contribution in [-0.2, 0) is 4.79 Å². The zero-order chi connectivity index (χ0) is 9.26. The van der Waals surface area contributed by atoms with Gasteiger partial charge >= 0.3 is 0 Å². The van der Waals surface area contributed by atoms with E-state index in [-0.39, 0.29) is 0 Å². The standard InChI is InChI=1S/C10H16ClNO/c11-7-8-4-5-10(13)12-6-2-1-3-9(8)12/h8-9H,1-7H2/t8-,9-/m1/s1. The van der Waals surface area contributed by atoms with E-state index in [1.54, 1.807) is 0 Å². The number of fused-ring (bicyclic) bond motifs is 1. The first-order chi connectivity index (χ1) is 6.33. The summed E-state index contributed by atoms with van der Waals surface area (Å²) in [7, 11) is 0. The Morgan fingerprint density at radius 2 is 2.23 bits per heavy atom. The topological polar surface area (TPSA) is 20.3 Å². The molecule has 2 aliphatic rings. The molecular weight excluding hydrogens is 186 g/mol. The van der Waals surface area contributed by atoms with Crippen LogP contribution in [-0.4, -0.2) is 29.3 Å². The molecule has 13 heavy (non-hydrogen) atoms. The minimum atomic E-state index is 0.353. The second-order valence-corrected chi connectivity index (χ2v) is 4.41. The molecule has 2 nitrogen and oxygen atoms in total. The molecule has 0 N–H and O–H groups in total. The summed E-state index contributed by atoms with van der Waals surface area (Å²) in [5, 5.41) is 0. The molecule has 2 rings (SSSR count). The van der Waals surface area contributed by atoms with Crippen molar-refractivity contribution in [2.75, 3.05) is 12.4 Å². The molecule has 0 aromatic heterocycles. The summed E-state index contributed by atoms with van der Waals surface area (Å²) in [6.07, 6.45) is 5.33. The fourth-order valence-corrected chi connectivity index (χ4v) is 2.94. The number of halogens is 1. The summed E-state index contributed by atoms with van der Waals surface area (Å²) in [5.41, 5.74) is 0. The third-order valence-corrected chi connectivity index (χ3v) is 3.74. The molecule has 2 atom stereocenters. The molecule has 74 valence electrons. The fraction of sp³-hybridized carbons (Fsp3) is 0.900. The summed E-state index contributed by atoms with van der Waals surface area (Å²) in [4.78, 5) is 13.6. The van der Waals surface area contributed by atoms with Gasteiger partial charge in [0, 0.05) is 24.9 Å². The molecule has 2 saturated heterocycles. The Bertz CT molecular complexity index is 207. The third-order valence-electron chi connectivity index (χ3n) is 3.34. The lowest BCUT2D eigenvalue weighted by Crippen LogP contribution is -2.51. The highest BCUT2D eigenvalue weighted by atomic mass is 35.5. The first-order valence-corrected chi connectivity index (χ1v) is 5.72. The van der Waals surface area contributed by atoms with Gasteiger partial charge in [0.2, 0.25) is 5.91 Å². The molecule has 0 radical (unpaired) electrons. The largest absolute Gasteiger partial charge is 0.339 e. The smallest absolute Gasteiger partial charge is 0.222 e. The van der Waals surface area contributed by atoms with Gasteiger partial charge in [0.25, 0.3) is 0 Å². The van der Waals surface area contributed by atoms with Gasteiger partial charge in [0.15, 0.2) is 0 Å². The Morgan fingerprint density at radius 1 is 1.38 bits per heavy atom. The lowest BCUT2D eigenvalue weighted by atomic mass is 9.84. The maximum Gasteiger partial charge on any atom is 0.222 e. The van der Waals surface area contributed by atoms with Crippen molar-refractivity contribution in [3.05, 3.63) is 0 Å². The van der Waals surface area contributed by atoms with Crippen LogP contribution in [0.25, 0.3) is 0 Å². The molecule has 1 amide bonds. The summed E-state index contributed by atoms with van der Waals surface area (Å²) >= 11 is 5.91. The van der Waals surface area contributed by atoms with Crippen molar-refractivity contribution in [2.45, 2.75) is 38.1 Å². The Labute approximate surface area is 84.2 Å². The quantitative estimate of drug-likeness (QED) is 0.595. The fourth-order valence-electron chi connectivity index (χ4n) is 2.58. The van der Waals surface area contributed by atoms with Crippen molar-refractivity contribution < 1.29 is 4.79 Å². The first-order valence-electron chi connectivity index (χ1n) is 5.18. The van der Waals surface area contributed by atoms with Crippen molar-refractivity contribution in [1.82, 2.24) is 4.90 Å². The molecule has 0 unspecified atom stereocenters. The zero-order valence-electron chi connectivity index (χ0n) is 7.84. The maximum absolute atomic E-state index is 11.6. The van der Waals surface area contributed by atoms with Gasteiger partial charge < -0.3 is 4.90 Å². The van der Waals surface area contributed by atoms with Crippen LogP contribution in [0.15, 0.2) is 0 Å². The van der Waals surface area contributed by atoms with Crippen LogP contribution in [0, 0.1) is 5.92 Å². The monoisotopic (exact) mass is 201 g/mol. The van der Waals surface area contributed by atoms with Gasteiger partial charge in [-0.2, -0.15) is 0 Å². The molecule has 0 aliphatic carbocycles. The molecule has 3 heteroatoms. The van der Waals surface area contributed by atoms with Crippen molar-refractivity contribution in [1.29, 1.82) is 0 Å². The molecule has 0 bridgehead atoms. The lowest BCUT2D eigenvalue weighted by Gasteiger charge is -2.43. The van der Waals surface area contributed by atoms with Gasteiger partial charge in [-0.3, -0.25) is 4.79 Å². The Balaban J connectivity index is 2.09. The molecule has 2 aliphatic heterocycles. The highest BCUT2D eigenvalue weighted by Crippen LogP contribution is 2.31. The number of amides is 1. The number of carbonyl (C=O) groups is 1. The number of alkyl halides is 1. The van der Waals surface area contributed by atoms with Gasteiger partial charge in [-0.05, 0) is 31.6 Å². The van der Waals surface area contributed by atoms with Crippen molar-refractivity contribution in [2.24, 2.45) is 5.92 Å². The predicted molar refractivity (Wildman–Crippen MR) is 52.8 cm³/mol. The number of hydrogen-bond donors (Lipinski definition) is 0. The zero-order valence-corrected chi connectivity index (χ0v) is 8.59. The maximum atomic E-state index is 11.6. The number of rotatable bonds is 1. The number of nitrogens with zero attached hydrogens (tertiary/aromatic N) is 1. The van der Waals surface area contributed by atoms with Gasteiger partial charge in [-0.15, -0.1) is 11.6 Å². The molecule has 2 heterocycles. The van der Waals surface area contributed by atoms with Gasteiger partial charge in [0.1, 0.15) is 0 Å². The van der Waals surface area contributed by atoms with Crippen LogP contribution >= 0.6 is 11.6 Å². The molecule has 0 aromatic rings. The number of hydrogen-bond acceptors (Lipinski definition) is 1. The van der Waals surface area contributed by atoms with E-state index in [4.69, 9.17) is 11.6 Å². The molecule has 0 spiro atoms. The molecule has 2 fully saturated rings. The summed E-state index contributed by atoms with van der Waals surface area (Å²) in [6, 6.07) is 0.465. The minimum Gasteiger partial charge on any atom is -0.339 e. The van der Waals surface area contributed by atoms with E-state index in [9.17, 15) is 4.79 Å². The van der Waals surface area contributed by atoms with Crippen LogP contribution in [0.4, 0.5) is 0 Å². The van der Waals surface area contributed by atoms with Gasteiger partial charge in [0.05, 0.1) is 0 Å². The SMILES string of the molecule is O=C1CC[C@H](CCl)[C@H]2CCCCN12. The van der Waals surface area contributed by atoms with Crippen LogP contribution in [0.1, 0.15) is 32.1 Å². The van der Waals surface area contributed by atoms with Crippen molar-refractivity contribution >= 4 is 17.5 Å². The lowest BCUT2D eigenvalue weighted by molar-refractivity contribution is -0.140. The van der Waals surface area contributed by atoms with E-state index < -0.39 is 0 Å².